The fourth-order valence-corrected chi connectivity index (χ4v) is 5.39. The zero-order chi connectivity index (χ0) is 23.9. The molecule has 0 aromatic heterocycles. The second kappa shape index (κ2) is 11.7. The highest BCUT2D eigenvalue weighted by molar-refractivity contribution is 6.30. The van der Waals surface area contributed by atoms with E-state index in [2.05, 4.69) is 10.2 Å². The molecule has 0 radical (unpaired) electrons. The molecule has 2 amide bonds. The first kappa shape index (κ1) is 24.6. The van der Waals surface area contributed by atoms with Crippen LogP contribution in [0.2, 0.25) is 5.02 Å². The van der Waals surface area contributed by atoms with Crippen LogP contribution < -0.4 is 10.1 Å². The van der Waals surface area contributed by atoms with Crippen LogP contribution in [0.5, 0.6) is 5.75 Å². The van der Waals surface area contributed by atoms with E-state index in [0.29, 0.717) is 49.2 Å². The Kier molecular flexibility index (Phi) is 8.46. The Balaban J connectivity index is 1.35. The maximum Gasteiger partial charge on any atom is 0.253 e. The minimum atomic E-state index is -0.132. The molecule has 2 aromatic carbocycles. The molecule has 1 saturated heterocycles. The van der Waals surface area contributed by atoms with Gasteiger partial charge in [0, 0.05) is 43.3 Å². The van der Waals surface area contributed by atoms with Crippen LogP contribution in [0.4, 0.5) is 0 Å². The summed E-state index contributed by atoms with van der Waals surface area (Å²) >= 11 is 5.96. The van der Waals surface area contributed by atoms with Crippen LogP contribution >= 0.6 is 11.6 Å². The fraction of sp³-hybridized carbons (Fsp3) is 0.481. The maximum absolute atomic E-state index is 13.4. The van der Waals surface area contributed by atoms with Crippen LogP contribution in [0.15, 0.2) is 48.5 Å². The average molecular weight is 484 g/mol. The summed E-state index contributed by atoms with van der Waals surface area (Å²) in [7, 11) is 1.67. The summed E-state index contributed by atoms with van der Waals surface area (Å²) in [6, 6.07) is 14.8. The molecule has 2 fully saturated rings. The molecule has 0 spiro atoms. The van der Waals surface area contributed by atoms with Gasteiger partial charge in [-0.1, -0.05) is 42.6 Å². The summed E-state index contributed by atoms with van der Waals surface area (Å²) in [5.74, 6) is 1.37. The van der Waals surface area contributed by atoms with Gasteiger partial charge in [-0.2, -0.15) is 0 Å². The van der Waals surface area contributed by atoms with Gasteiger partial charge in [0.25, 0.3) is 5.91 Å². The molecule has 1 aliphatic heterocycles. The molecule has 6 nitrogen and oxygen atoms in total. The second-order valence-corrected chi connectivity index (χ2v) is 9.61. The van der Waals surface area contributed by atoms with E-state index < -0.39 is 0 Å². The van der Waals surface area contributed by atoms with E-state index in [-0.39, 0.29) is 17.9 Å². The monoisotopic (exact) mass is 483 g/mol. The fourth-order valence-electron chi connectivity index (χ4n) is 5.26. The number of para-hydroxylation sites is 1. The van der Waals surface area contributed by atoms with Gasteiger partial charge in [0.2, 0.25) is 5.91 Å². The van der Waals surface area contributed by atoms with Crippen molar-refractivity contribution in [2.45, 2.75) is 38.1 Å². The Morgan fingerprint density at radius 1 is 1.03 bits per heavy atom. The highest BCUT2D eigenvalue weighted by atomic mass is 35.5. The first-order valence-corrected chi connectivity index (χ1v) is 12.6. The number of carbonyl (C=O) groups is 2. The molecule has 1 N–H and O–H groups in total. The van der Waals surface area contributed by atoms with Gasteiger partial charge in [-0.15, -0.1) is 0 Å². The number of hydrogen-bond donors (Lipinski definition) is 1. The third kappa shape index (κ3) is 5.91. The Labute approximate surface area is 207 Å². The molecule has 0 unspecified atom stereocenters. The molecule has 1 aliphatic carbocycles. The topological polar surface area (TPSA) is 61.9 Å². The van der Waals surface area contributed by atoms with Gasteiger partial charge < -0.3 is 15.0 Å². The van der Waals surface area contributed by atoms with Crippen LogP contribution in [0, 0.1) is 5.92 Å². The number of hydrogen-bond acceptors (Lipinski definition) is 4. The number of nitrogens with one attached hydrogen (secondary N) is 1. The van der Waals surface area contributed by atoms with Crippen molar-refractivity contribution in [2.75, 3.05) is 39.8 Å². The number of nitrogens with zero attached hydrogens (tertiary/aromatic N) is 2. The number of methoxy groups -OCH3 is 1. The molecular weight excluding hydrogens is 450 g/mol. The number of rotatable bonds is 8. The van der Waals surface area contributed by atoms with Gasteiger partial charge in [0.15, 0.2) is 0 Å². The zero-order valence-corrected chi connectivity index (χ0v) is 20.6. The number of piperazine rings is 1. The van der Waals surface area contributed by atoms with Crippen molar-refractivity contribution in [3.05, 3.63) is 64.7 Å². The van der Waals surface area contributed by atoms with E-state index >= 15 is 0 Å². The molecule has 1 saturated carbocycles. The minimum Gasteiger partial charge on any atom is -0.496 e. The second-order valence-electron chi connectivity index (χ2n) is 9.18. The Morgan fingerprint density at radius 3 is 2.38 bits per heavy atom. The van der Waals surface area contributed by atoms with Crippen molar-refractivity contribution in [2.24, 2.45) is 5.92 Å². The zero-order valence-electron chi connectivity index (χ0n) is 19.8. The average Bonchev–Trinajstić information content (AvgIpc) is 3.39. The van der Waals surface area contributed by atoms with E-state index in [4.69, 9.17) is 16.3 Å². The molecule has 2 aromatic rings. The largest absolute Gasteiger partial charge is 0.496 e. The third-order valence-corrected chi connectivity index (χ3v) is 7.34. The third-order valence-electron chi connectivity index (χ3n) is 7.09. The smallest absolute Gasteiger partial charge is 0.253 e. The van der Waals surface area contributed by atoms with Crippen molar-refractivity contribution >= 4 is 23.4 Å². The predicted octanol–water partition coefficient (Wildman–Crippen LogP) is 4.02. The Hall–Kier alpha value is -2.57. The molecule has 1 atom stereocenters. The Morgan fingerprint density at radius 2 is 1.71 bits per heavy atom. The number of carbonyl (C=O) groups excluding carboxylic acids is 2. The number of halogens is 1. The van der Waals surface area contributed by atoms with Crippen LogP contribution in [0.25, 0.3) is 0 Å². The summed E-state index contributed by atoms with van der Waals surface area (Å²) in [6.07, 6.45) is 5.29. The summed E-state index contributed by atoms with van der Waals surface area (Å²) in [6.45, 7) is 3.25. The maximum atomic E-state index is 13.4. The van der Waals surface area contributed by atoms with E-state index in [1.807, 2.05) is 29.2 Å². The van der Waals surface area contributed by atoms with Crippen LogP contribution in [0.3, 0.4) is 0 Å². The first-order valence-electron chi connectivity index (χ1n) is 12.3. The summed E-state index contributed by atoms with van der Waals surface area (Å²) in [5.41, 5.74) is 1.75. The molecule has 1 heterocycles. The van der Waals surface area contributed by atoms with Crippen LogP contribution in [-0.2, 0) is 11.2 Å². The van der Waals surface area contributed by atoms with Crippen molar-refractivity contribution in [3.63, 3.8) is 0 Å². The van der Waals surface area contributed by atoms with Crippen LogP contribution in [0.1, 0.15) is 41.6 Å². The normalized spacial score (nSPS) is 18.0. The molecule has 0 bridgehead atoms. The molecule has 182 valence electrons. The predicted molar refractivity (Wildman–Crippen MR) is 134 cm³/mol. The van der Waals surface area contributed by atoms with E-state index in [1.54, 1.807) is 31.4 Å². The minimum absolute atomic E-state index is 0.0231. The van der Waals surface area contributed by atoms with Crippen molar-refractivity contribution in [3.8, 4) is 5.75 Å². The standard InChI is InChI=1S/C27H34ClN3O3/c1-34-24-9-5-4-6-20(24)14-15-29-26(32)25(21-7-2-3-8-21)30-16-18-31(19-17-30)27(33)22-10-12-23(28)13-11-22/h4-6,9-13,21,25H,2-3,7-8,14-19H2,1H3,(H,29,32)/t25-/m0/s1. The van der Waals surface area contributed by atoms with Gasteiger partial charge in [-0.25, -0.2) is 0 Å². The van der Waals surface area contributed by atoms with E-state index in [9.17, 15) is 9.59 Å². The van der Waals surface area contributed by atoms with E-state index in [1.165, 1.54) is 12.8 Å². The highest BCUT2D eigenvalue weighted by Gasteiger charge is 2.37. The number of ether oxygens (including phenoxy) is 1. The molecule has 4 rings (SSSR count). The summed E-state index contributed by atoms with van der Waals surface area (Å²) < 4.78 is 5.43. The Bertz CT molecular complexity index is 967. The lowest BCUT2D eigenvalue weighted by Crippen LogP contribution is -2.58. The lowest BCUT2D eigenvalue weighted by atomic mass is 9.94. The van der Waals surface area contributed by atoms with Gasteiger partial charge in [0.05, 0.1) is 13.2 Å². The van der Waals surface area contributed by atoms with Crippen molar-refractivity contribution in [1.29, 1.82) is 0 Å². The van der Waals surface area contributed by atoms with Crippen molar-refractivity contribution in [1.82, 2.24) is 15.1 Å². The van der Waals surface area contributed by atoms with E-state index in [0.717, 1.165) is 30.6 Å². The van der Waals surface area contributed by atoms with Gasteiger partial charge in [0.1, 0.15) is 5.75 Å². The lowest BCUT2D eigenvalue weighted by Gasteiger charge is -2.40. The van der Waals surface area contributed by atoms with Crippen molar-refractivity contribution < 1.29 is 14.3 Å². The van der Waals surface area contributed by atoms with Crippen LogP contribution in [-0.4, -0.2) is 67.5 Å². The van der Waals surface area contributed by atoms with Gasteiger partial charge in [-0.3, -0.25) is 14.5 Å². The van der Waals surface area contributed by atoms with Gasteiger partial charge in [-0.05, 0) is 61.1 Å². The number of amides is 2. The molecule has 2 aliphatic rings. The molecule has 7 heteroatoms. The summed E-state index contributed by atoms with van der Waals surface area (Å²) in [4.78, 5) is 30.4. The molecular formula is C27H34ClN3O3. The number of benzene rings is 2. The lowest BCUT2D eigenvalue weighted by molar-refractivity contribution is -0.129. The first-order chi connectivity index (χ1) is 16.6. The quantitative estimate of drug-likeness (QED) is 0.616. The molecule has 34 heavy (non-hydrogen) atoms. The SMILES string of the molecule is COc1ccccc1CCNC(=O)[C@H](C1CCCC1)N1CCN(C(=O)c2ccc(Cl)cc2)CC1. The highest BCUT2D eigenvalue weighted by Crippen LogP contribution is 2.31. The van der Waals surface area contributed by atoms with Gasteiger partial charge >= 0.3 is 0 Å². The summed E-state index contributed by atoms with van der Waals surface area (Å²) in [5, 5.41) is 3.82.